The molecule has 1 N–H and O–H groups in total. The van der Waals surface area contributed by atoms with E-state index in [1.165, 1.54) is 6.07 Å². The van der Waals surface area contributed by atoms with Gasteiger partial charge in [0.1, 0.15) is 18.1 Å². The molecule has 0 saturated carbocycles. The summed E-state index contributed by atoms with van der Waals surface area (Å²) in [6.07, 6.45) is 0. The monoisotopic (exact) mass is 312 g/mol. The number of benzene rings is 2. The van der Waals surface area contributed by atoms with Crippen molar-refractivity contribution in [3.05, 3.63) is 57.5 Å². The lowest BCUT2D eigenvalue weighted by Crippen LogP contribution is -1.95. The Morgan fingerprint density at radius 3 is 2.47 bits per heavy atom. The molecule has 0 saturated heterocycles. The molecule has 2 aromatic carbocycles. The number of hydrogen-bond acceptors (Lipinski definition) is 2. The van der Waals surface area contributed by atoms with Crippen LogP contribution in [0.5, 0.6) is 11.5 Å². The predicted octanol–water partition coefficient (Wildman–Crippen LogP) is 4.39. The molecule has 0 fully saturated rings. The summed E-state index contributed by atoms with van der Waals surface area (Å²) in [7, 11) is 0. The van der Waals surface area contributed by atoms with E-state index >= 15 is 0 Å². The maximum atomic E-state index is 9.22. The number of aromatic hydroxyl groups is 1. The van der Waals surface area contributed by atoms with E-state index in [4.69, 9.17) is 16.3 Å². The molecule has 0 atom stereocenters. The van der Waals surface area contributed by atoms with Crippen LogP contribution in [0.3, 0.4) is 0 Å². The number of ether oxygens (including phenoxy) is 1. The van der Waals surface area contributed by atoms with Crippen molar-refractivity contribution in [3.8, 4) is 11.5 Å². The molecule has 0 aliphatic rings. The largest absolute Gasteiger partial charge is 0.508 e. The molecule has 0 amide bonds. The SMILES string of the molecule is Oc1ccc(COc2ccc(Br)cc2)c(Cl)c1. The normalized spacial score (nSPS) is 10.2. The van der Waals surface area contributed by atoms with E-state index in [-0.39, 0.29) is 5.75 Å². The summed E-state index contributed by atoms with van der Waals surface area (Å²) in [5, 5.41) is 9.72. The lowest BCUT2D eigenvalue weighted by molar-refractivity contribution is 0.306. The van der Waals surface area contributed by atoms with Gasteiger partial charge in [-0.3, -0.25) is 0 Å². The fourth-order valence-corrected chi connectivity index (χ4v) is 1.84. The first-order valence-electron chi connectivity index (χ1n) is 5.01. The highest BCUT2D eigenvalue weighted by molar-refractivity contribution is 9.10. The Labute approximate surface area is 113 Å². The van der Waals surface area contributed by atoms with Crippen LogP contribution in [0.2, 0.25) is 5.02 Å². The highest BCUT2D eigenvalue weighted by atomic mass is 79.9. The third kappa shape index (κ3) is 3.38. The zero-order valence-corrected chi connectivity index (χ0v) is 11.2. The number of hydrogen-bond donors (Lipinski definition) is 1. The molecule has 2 nitrogen and oxygen atoms in total. The molecular weight excluding hydrogens is 303 g/mol. The predicted molar refractivity (Wildman–Crippen MR) is 71.6 cm³/mol. The molecule has 88 valence electrons. The van der Waals surface area contributed by atoms with Crippen molar-refractivity contribution in [1.29, 1.82) is 0 Å². The minimum absolute atomic E-state index is 0.155. The van der Waals surface area contributed by atoms with Crippen molar-refractivity contribution < 1.29 is 9.84 Å². The van der Waals surface area contributed by atoms with E-state index in [9.17, 15) is 5.11 Å². The topological polar surface area (TPSA) is 29.5 Å². The first-order valence-corrected chi connectivity index (χ1v) is 6.18. The van der Waals surface area contributed by atoms with Crippen LogP contribution in [0, 0.1) is 0 Å². The van der Waals surface area contributed by atoms with Gasteiger partial charge < -0.3 is 9.84 Å². The van der Waals surface area contributed by atoms with Crippen molar-refractivity contribution >= 4 is 27.5 Å². The Hall–Kier alpha value is -1.19. The van der Waals surface area contributed by atoms with Gasteiger partial charge in [0.2, 0.25) is 0 Å². The third-order valence-corrected chi connectivity index (χ3v) is 3.13. The quantitative estimate of drug-likeness (QED) is 0.911. The van der Waals surface area contributed by atoms with Gasteiger partial charge in [0, 0.05) is 10.0 Å². The second-order valence-corrected chi connectivity index (χ2v) is 4.84. The molecule has 0 heterocycles. The van der Waals surface area contributed by atoms with Crippen LogP contribution in [-0.4, -0.2) is 5.11 Å². The molecule has 0 aromatic heterocycles. The van der Waals surface area contributed by atoms with Crippen LogP contribution in [0.25, 0.3) is 0 Å². The second-order valence-electron chi connectivity index (χ2n) is 3.52. The Bertz CT molecular complexity index is 511. The molecule has 0 radical (unpaired) electrons. The van der Waals surface area contributed by atoms with Gasteiger partial charge >= 0.3 is 0 Å². The van der Waals surface area contributed by atoms with Crippen LogP contribution < -0.4 is 4.74 Å². The van der Waals surface area contributed by atoms with Gasteiger partial charge in [0.05, 0.1) is 5.02 Å². The molecule has 0 aliphatic heterocycles. The fraction of sp³-hybridized carbons (Fsp3) is 0.0769. The average molecular weight is 314 g/mol. The maximum Gasteiger partial charge on any atom is 0.119 e. The number of phenols is 1. The molecule has 4 heteroatoms. The first-order chi connectivity index (χ1) is 8.15. The summed E-state index contributed by atoms with van der Waals surface area (Å²) in [5.41, 5.74) is 0.840. The summed E-state index contributed by atoms with van der Waals surface area (Å²) in [6.45, 7) is 0.376. The van der Waals surface area contributed by atoms with E-state index in [2.05, 4.69) is 15.9 Å². The second kappa shape index (κ2) is 5.43. The highest BCUT2D eigenvalue weighted by Gasteiger charge is 2.02. The number of phenolic OH excluding ortho intramolecular Hbond substituents is 1. The van der Waals surface area contributed by atoms with Gasteiger partial charge in [-0.1, -0.05) is 33.6 Å². The Morgan fingerprint density at radius 1 is 1.12 bits per heavy atom. The lowest BCUT2D eigenvalue weighted by Gasteiger charge is -2.08. The maximum absolute atomic E-state index is 9.22. The molecular formula is C13H10BrClO2. The summed E-state index contributed by atoms with van der Waals surface area (Å²) in [4.78, 5) is 0. The van der Waals surface area contributed by atoms with E-state index < -0.39 is 0 Å². The van der Waals surface area contributed by atoms with Crippen molar-refractivity contribution in [2.45, 2.75) is 6.61 Å². The van der Waals surface area contributed by atoms with Gasteiger partial charge in [-0.15, -0.1) is 0 Å². The summed E-state index contributed by atoms with van der Waals surface area (Å²) < 4.78 is 6.59. The summed E-state index contributed by atoms with van der Waals surface area (Å²) in [5.74, 6) is 0.930. The zero-order valence-electron chi connectivity index (χ0n) is 8.86. The third-order valence-electron chi connectivity index (χ3n) is 2.24. The van der Waals surface area contributed by atoms with Crippen LogP contribution in [0.4, 0.5) is 0 Å². The Morgan fingerprint density at radius 2 is 1.82 bits per heavy atom. The fourth-order valence-electron chi connectivity index (χ4n) is 1.35. The van der Waals surface area contributed by atoms with Crippen molar-refractivity contribution in [3.63, 3.8) is 0 Å². The van der Waals surface area contributed by atoms with Crippen molar-refractivity contribution in [2.75, 3.05) is 0 Å². The Balaban J connectivity index is 2.04. The molecule has 0 aliphatic carbocycles. The minimum atomic E-state index is 0.155. The highest BCUT2D eigenvalue weighted by Crippen LogP contribution is 2.23. The van der Waals surface area contributed by atoms with Gasteiger partial charge in [0.15, 0.2) is 0 Å². The molecule has 2 aromatic rings. The Kier molecular flexibility index (Phi) is 3.92. The standard InChI is InChI=1S/C13H10BrClO2/c14-10-2-5-12(6-3-10)17-8-9-1-4-11(16)7-13(9)15/h1-7,16H,8H2. The van der Waals surface area contributed by atoms with Crippen LogP contribution in [0.1, 0.15) is 5.56 Å². The van der Waals surface area contributed by atoms with Gasteiger partial charge in [0.25, 0.3) is 0 Å². The van der Waals surface area contributed by atoms with Crippen LogP contribution in [0.15, 0.2) is 46.9 Å². The lowest BCUT2D eigenvalue weighted by atomic mass is 10.2. The number of halogens is 2. The summed E-state index contributed by atoms with van der Waals surface area (Å²) >= 11 is 9.33. The molecule has 17 heavy (non-hydrogen) atoms. The first kappa shape index (κ1) is 12.3. The zero-order chi connectivity index (χ0) is 12.3. The smallest absolute Gasteiger partial charge is 0.119 e. The van der Waals surface area contributed by atoms with Crippen molar-refractivity contribution in [1.82, 2.24) is 0 Å². The minimum Gasteiger partial charge on any atom is -0.508 e. The van der Waals surface area contributed by atoms with E-state index in [0.29, 0.717) is 11.6 Å². The summed E-state index contributed by atoms with van der Waals surface area (Å²) in [6, 6.07) is 12.4. The van der Waals surface area contributed by atoms with E-state index in [0.717, 1.165) is 15.8 Å². The van der Waals surface area contributed by atoms with Gasteiger partial charge in [-0.25, -0.2) is 0 Å². The van der Waals surface area contributed by atoms with Crippen molar-refractivity contribution in [2.24, 2.45) is 0 Å². The average Bonchev–Trinajstić information content (AvgIpc) is 2.30. The van der Waals surface area contributed by atoms with E-state index in [1.807, 2.05) is 24.3 Å². The molecule has 0 bridgehead atoms. The van der Waals surface area contributed by atoms with Crippen LogP contribution in [-0.2, 0) is 6.61 Å². The van der Waals surface area contributed by atoms with Crippen LogP contribution >= 0.6 is 27.5 Å². The van der Waals surface area contributed by atoms with Gasteiger partial charge in [-0.2, -0.15) is 0 Å². The van der Waals surface area contributed by atoms with E-state index in [1.54, 1.807) is 12.1 Å². The number of rotatable bonds is 3. The van der Waals surface area contributed by atoms with Gasteiger partial charge in [-0.05, 0) is 36.4 Å². The molecule has 0 spiro atoms. The molecule has 2 rings (SSSR count). The molecule has 0 unspecified atom stereocenters.